The number of thiophene rings is 1. The molecule has 0 fully saturated rings. The fraction of sp³-hybridized carbons (Fsp3) is 0.179. The molecular weight excluding hydrogens is 781 g/mol. The van der Waals surface area contributed by atoms with Crippen LogP contribution in [0.1, 0.15) is 41.7 Å². The van der Waals surface area contributed by atoms with Gasteiger partial charge >= 0.3 is 17.9 Å². The lowest BCUT2D eigenvalue weighted by Crippen LogP contribution is -2.07. The number of furan rings is 1. The van der Waals surface area contributed by atoms with Gasteiger partial charge in [-0.2, -0.15) is 0 Å². The SMILES string of the molecule is COC(=O)c1ccc(-c2nnnn2C)cc1.Cn1nnnc1-c1ccc(C(=O)OCCc2cccs2)cc1.Cn1nnnc1-c1ccc(C(=O)OCc2ccco2)cc1. The Kier molecular flexibility index (Phi) is 13.8. The zero-order chi connectivity index (χ0) is 41.6. The second-order valence-electron chi connectivity index (χ2n) is 12.2. The molecule has 5 aromatic heterocycles. The smallest absolute Gasteiger partial charge is 0.338 e. The number of methoxy groups -OCH3 is 1. The first kappa shape index (κ1) is 40.9. The van der Waals surface area contributed by atoms with E-state index in [1.807, 2.05) is 29.6 Å². The van der Waals surface area contributed by atoms with E-state index in [2.05, 4.69) is 51.3 Å². The van der Waals surface area contributed by atoms with Crippen LogP contribution in [-0.4, -0.2) is 92.2 Å². The van der Waals surface area contributed by atoms with E-state index in [0.717, 1.165) is 23.1 Å². The molecule has 300 valence electrons. The highest BCUT2D eigenvalue weighted by Gasteiger charge is 2.13. The van der Waals surface area contributed by atoms with E-state index in [4.69, 9.17) is 13.9 Å². The molecule has 8 rings (SSSR count). The van der Waals surface area contributed by atoms with Gasteiger partial charge in [-0.3, -0.25) is 0 Å². The predicted octanol–water partition coefficient (Wildman–Crippen LogP) is 4.83. The fourth-order valence-corrected chi connectivity index (χ4v) is 5.89. The maximum Gasteiger partial charge on any atom is 0.338 e. The van der Waals surface area contributed by atoms with Gasteiger partial charge in [-0.1, -0.05) is 42.5 Å². The molecular formula is C39H36N12O7S. The predicted molar refractivity (Wildman–Crippen MR) is 210 cm³/mol. The Bertz CT molecular complexity index is 2550. The second kappa shape index (κ2) is 19.9. The largest absolute Gasteiger partial charge is 0.466 e. The van der Waals surface area contributed by atoms with E-state index in [1.165, 1.54) is 18.3 Å². The Morgan fingerprint density at radius 2 is 1.05 bits per heavy atom. The van der Waals surface area contributed by atoms with Gasteiger partial charge in [-0.15, -0.1) is 26.6 Å². The first-order chi connectivity index (χ1) is 28.7. The number of carbonyl (C=O) groups is 3. The van der Waals surface area contributed by atoms with Crippen LogP contribution in [0.2, 0.25) is 0 Å². The highest BCUT2D eigenvalue weighted by atomic mass is 32.1. The molecule has 0 aliphatic rings. The van der Waals surface area contributed by atoms with Crippen molar-refractivity contribution in [2.45, 2.75) is 13.0 Å². The third-order valence-electron chi connectivity index (χ3n) is 8.27. The molecule has 0 radical (unpaired) electrons. The fourth-order valence-electron chi connectivity index (χ4n) is 5.20. The monoisotopic (exact) mass is 816 g/mol. The molecule has 0 atom stereocenters. The summed E-state index contributed by atoms with van der Waals surface area (Å²) in [5.74, 6) is 1.44. The Morgan fingerprint density at radius 1 is 0.593 bits per heavy atom. The van der Waals surface area contributed by atoms with Crippen LogP contribution in [0.3, 0.4) is 0 Å². The lowest BCUT2D eigenvalue weighted by Gasteiger charge is -2.05. The second-order valence-corrected chi connectivity index (χ2v) is 13.3. The van der Waals surface area contributed by atoms with Crippen LogP contribution in [-0.2, 0) is 48.4 Å². The third kappa shape index (κ3) is 11.0. The van der Waals surface area contributed by atoms with Crippen LogP contribution in [0.5, 0.6) is 0 Å². The first-order valence-corrected chi connectivity index (χ1v) is 18.5. The maximum atomic E-state index is 12.0. The molecule has 0 unspecified atom stereocenters. The number of hydrogen-bond donors (Lipinski definition) is 0. The van der Waals surface area contributed by atoms with Crippen molar-refractivity contribution in [3.8, 4) is 34.2 Å². The zero-order valence-electron chi connectivity index (χ0n) is 32.1. The lowest BCUT2D eigenvalue weighted by atomic mass is 10.1. The average Bonchev–Trinajstić information content (AvgIpc) is 4.14. The summed E-state index contributed by atoms with van der Waals surface area (Å²) in [5.41, 5.74) is 4.00. The summed E-state index contributed by atoms with van der Waals surface area (Å²) in [4.78, 5) is 36.3. The number of ether oxygens (including phenoxy) is 3. The van der Waals surface area contributed by atoms with Gasteiger partial charge in [0.25, 0.3) is 0 Å². The summed E-state index contributed by atoms with van der Waals surface area (Å²) in [6, 6.07) is 28.4. The van der Waals surface area contributed by atoms with Crippen LogP contribution < -0.4 is 0 Å². The van der Waals surface area contributed by atoms with Gasteiger partial charge in [-0.25, -0.2) is 28.4 Å². The van der Waals surface area contributed by atoms with Crippen molar-refractivity contribution in [2.75, 3.05) is 13.7 Å². The number of tetrazole rings is 3. The van der Waals surface area contributed by atoms with Gasteiger partial charge in [-0.05, 0) is 91.3 Å². The molecule has 59 heavy (non-hydrogen) atoms. The Balaban J connectivity index is 0.000000151. The first-order valence-electron chi connectivity index (χ1n) is 17.7. The van der Waals surface area contributed by atoms with Gasteiger partial charge in [0.1, 0.15) is 12.4 Å². The molecule has 3 aromatic carbocycles. The van der Waals surface area contributed by atoms with E-state index in [0.29, 0.717) is 46.5 Å². The Hall–Kier alpha value is -7.74. The van der Waals surface area contributed by atoms with Crippen LogP contribution in [0.15, 0.2) is 113 Å². The zero-order valence-corrected chi connectivity index (χ0v) is 33.0. The summed E-state index contributed by atoms with van der Waals surface area (Å²) in [5, 5.41) is 35.7. The van der Waals surface area contributed by atoms with Gasteiger partial charge in [0.05, 0.1) is 36.7 Å². The average molecular weight is 817 g/mol. The number of esters is 3. The van der Waals surface area contributed by atoms with E-state index in [9.17, 15) is 14.4 Å². The van der Waals surface area contributed by atoms with Crippen molar-refractivity contribution in [1.29, 1.82) is 0 Å². The van der Waals surface area contributed by atoms with Crippen molar-refractivity contribution in [3.63, 3.8) is 0 Å². The Morgan fingerprint density at radius 3 is 1.42 bits per heavy atom. The van der Waals surface area contributed by atoms with Crippen LogP contribution in [0, 0.1) is 0 Å². The Labute approximate surface area is 340 Å². The summed E-state index contributed by atoms with van der Waals surface area (Å²) >= 11 is 1.66. The number of aryl methyl sites for hydroxylation is 3. The third-order valence-corrected chi connectivity index (χ3v) is 9.21. The normalized spacial score (nSPS) is 10.4. The van der Waals surface area contributed by atoms with E-state index >= 15 is 0 Å². The van der Waals surface area contributed by atoms with E-state index in [1.54, 1.807) is 119 Å². The lowest BCUT2D eigenvalue weighted by molar-refractivity contribution is 0.0444. The molecule has 20 heteroatoms. The number of nitrogens with zero attached hydrogens (tertiary/aromatic N) is 12. The molecule has 0 saturated heterocycles. The highest BCUT2D eigenvalue weighted by molar-refractivity contribution is 7.09. The van der Waals surface area contributed by atoms with Crippen molar-refractivity contribution in [1.82, 2.24) is 60.6 Å². The highest BCUT2D eigenvalue weighted by Crippen LogP contribution is 2.19. The quantitative estimate of drug-likeness (QED) is 0.126. The molecule has 5 heterocycles. The molecule has 0 aliphatic heterocycles. The number of hydrogen-bond acceptors (Lipinski definition) is 17. The molecule has 0 N–H and O–H groups in total. The summed E-state index contributed by atoms with van der Waals surface area (Å²) in [6.45, 7) is 0.495. The summed E-state index contributed by atoms with van der Waals surface area (Å²) in [7, 11) is 6.62. The van der Waals surface area contributed by atoms with Gasteiger partial charge in [0, 0.05) is 49.1 Å². The van der Waals surface area contributed by atoms with E-state index in [-0.39, 0.29) is 18.5 Å². The van der Waals surface area contributed by atoms with Crippen molar-refractivity contribution in [2.24, 2.45) is 21.1 Å². The number of aromatic nitrogens is 12. The molecule has 0 amide bonds. The summed E-state index contributed by atoms with van der Waals surface area (Å²) in [6.07, 6.45) is 2.28. The maximum absolute atomic E-state index is 12.0. The number of rotatable bonds is 11. The van der Waals surface area contributed by atoms with Crippen molar-refractivity contribution >= 4 is 29.2 Å². The van der Waals surface area contributed by atoms with Crippen LogP contribution in [0.4, 0.5) is 0 Å². The minimum Gasteiger partial charge on any atom is -0.466 e. The van der Waals surface area contributed by atoms with E-state index < -0.39 is 5.97 Å². The van der Waals surface area contributed by atoms with Crippen molar-refractivity contribution < 1.29 is 33.0 Å². The minimum atomic E-state index is -0.408. The molecule has 0 bridgehead atoms. The summed E-state index contributed by atoms with van der Waals surface area (Å²) < 4.78 is 24.8. The number of carbonyl (C=O) groups excluding carboxylic acids is 3. The van der Waals surface area contributed by atoms with Crippen LogP contribution >= 0.6 is 11.3 Å². The van der Waals surface area contributed by atoms with Crippen LogP contribution in [0.25, 0.3) is 34.2 Å². The molecule has 0 aliphatic carbocycles. The van der Waals surface area contributed by atoms with Gasteiger partial charge < -0.3 is 18.6 Å². The standard InChI is InChI=1S/C15H14N4O2S.C14H12N4O3.C10H10N4O2/c1-19-14(16-17-18-19)11-4-6-12(7-5-11)15(20)21-9-8-13-3-2-10-22-13;1-18-13(15-16-17-18)10-4-6-11(7-5-10)14(19)21-9-12-3-2-8-20-12;1-14-9(11-12-13-14)7-3-5-8(6-4-7)10(15)16-2/h2-7,10H,8-9H2,1H3;2-8H,9H2,1H3;3-6H,1-2H3. The van der Waals surface area contributed by atoms with Crippen molar-refractivity contribution in [3.05, 3.63) is 136 Å². The molecule has 0 saturated carbocycles. The topological polar surface area (TPSA) is 223 Å². The van der Waals surface area contributed by atoms with Gasteiger partial charge in [0.15, 0.2) is 17.5 Å². The molecule has 8 aromatic rings. The molecule has 19 nitrogen and oxygen atoms in total. The minimum absolute atomic E-state index is 0.112. The number of benzene rings is 3. The van der Waals surface area contributed by atoms with Gasteiger partial charge in [0.2, 0.25) is 0 Å². The molecule has 0 spiro atoms.